The Balaban J connectivity index is 1.89. The van der Waals surface area contributed by atoms with Crippen molar-refractivity contribution in [3.05, 3.63) is 29.8 Å². The SMILES string of the molecule is CN(C)CCN(C)C[C@@H]1CN(C(=O)Cc2cccc(O)c2)C[C@@H]1CO. The lowest BCUT2D eigenvalue weighted by atomic mass is 9.96. The predicted octanol–water partition coefficient (Wildman–Crippen LogP) is 0.495. The molecule has 1 aromatic rings. The lowest BCUT2D eigenvalue weighted by Crippen LogP contribution is -2.35. The zero-order valence-electron chi connectivity index (χ0n) is 15.6. The second-order valence-corrected chi connectivity index (χ2v) is 7.41. The minimum atomic E-state index is 0.0579. The number of aliphatic hydroxyl groups excluding tert-OH is 1. The molecule has 1 heterocycles. The van der Waals surface area contributed by atoms with Crippen LogP contribution in [0.4, 0.5) is 0 Å². The molecule has 0 spiro atoms. The van der Waals surface area contributed by atoms with Gasteiger partial charge in [0.05, 0.1) is 6.42 Å². The van der Waals surface area contributed by atoms with Gasteiger partial charge in [0.1, 0.15) is 5.75 Å². The van der Waals surface area contributed by atoms with E-state index in [0.29, 0.717) is 19.0 Å². The number of amides is 1. The van der Waals surface area contributed by atoms with Crippen molar-refractivity contribution in [2.45, 2.75) is 6.42 Å². The van der Waals surface area contributed by atoms with Gasteiger partial charge < -0.3 is 24.9 Å². The highest BCUT2D eigenvalue weighted by atomic mass is 16.3. The summed E-state index contributed by atoms with van der Waals surface area (Å²) >= 11 is 0. The van der Waals surface area contributed by atoms with E-state index in [1.807, 2.05) is 11.0 Å². The second kappa shape index (κ2) is 9.17. The molecule has 1 aromatic carbocycles. The van der Waals surface area contributed by atoms with Gasteiger partial charge in [-0.3, -0.25) is 4.79 Å². The van der Waals surface area contributed by atoms with E-state index in [1.165, 1.54) is 0 Å². The lowest BCUT2D eigenvalue weighted by Gasteiger charge is -2.25. The lowest BCUT2D eigenvalue weighted by molar-refractivity contribution is -0.129. The third kappa shape index (κ3) is 5.99. The number of hydrogen-bond donors (Lipinski definition) is 2. The van der Waals surface area contributed by atoms with Crippen LogP contribution in [0.3, 0.4) is 0 Å². The predicted molar refractivity (Wildman–Crippen MR) is 98.5 cm³/mol. The van der Waals surface area contributed by atoms with Gasteiger partial charge in [0.15, 0.2) is 0 Å². The van der Waals surface area contributed by atoms with Gasteiger partial charge in [0.25, 0.3) is 0 Å². The Hall–Kier alpha value is -1.63. The van der Waals surface area contributed by atoms with Crippen molar-refractivity contribution in [3.8, 4) is 5.75 Å². The van der Waals surface area contributed by atoms with Crippen LogP contribution in [-0.2, 0) is 11.2 Å². The molecule has 6 nitrogen and oxygen atoms in total. The molecule has 0 aromatic heterocycles. The molecule has 2 atom stereocenters. The van der Waals surface area contributed by atoms with Crippen LogP contribution in [0.2, 0.25) is 0 Å². The van der Waals surface area contributed by atoms with E-state index in [4.69, 9.17) is 0 Å². The van der Waals surface area contributed by atoms with Crippen molar-refractivity contribution in [2.24, 2.45) is 11.8 Å². The first-order valence-electron chi connectivity index (χ1n) is 8.89. The number of nitrogens with zero attached hydrogens (tertiary/aromatic N) is 3. The molecule has 1 saturated heterocycles. The number of aliphatic hydroxyl groups is 1. The fourth-order valence-corrected chi connectivity index (χ4v) is 3.37. The largest absolute Gasteiger partial charge is 0.508 e. The van der Waals surface area contributed by atoms with Crippen molar-refractivity contribution in [3.63, 3.8) is 0 Å². The third-order valence-corrected chi connectivity index (χ3v) is 4.90. The smallest absolute Gasteiger partial charge is 0.227 e. The molecule has 0 aliphatic carbocycles. The van der Waals surface area contributed by atoms with E-state index in [1.54, 1.807) is 18.2 Å². The molecule has 0 radical (unpaired) electrons. The quantitative estimate of drug-likeness (QED) is 0.715. The Morgan fingerprint density at radius 2 is 1.92 bits per heavy atom. The average Bonchev–Trinajstić information content (AvgIpc) is 2.96. The van der Waals surface area contributed by atoms with Gasteiger partial charge in [0.2, 0.25) is 5.91 Å². The van der Waals surface area contributed by atoms with Gasteiger partial charge in [0, 0.05) is 45.2 Å². The summed E-state index contributed by atoms with van der Waals surface area (Å²) in [6.07, 6.45) is 0.287. The van der Waals surface area contributed by atoms with Crippen LogP contribution in [0.15, 0.2) is 24.3 Å². The summed E-state index contributed by atoms with van der Waals surface area (Å²) in [6.45, 7) is 4.26. The van der Waals surface area contributed by atoms with Crippen molar-refractivity contribution in [2.75, 3.05) is 60.5 Å². The number of likely N-dealkylation sites (tertiary alicyclic amines) is 1. The monoisotopic (exact) mass is 349 g/mol. The highest BCUT2D eigenvalue weighted by molar-refractivity contribution is 5.79. The first-order valence-corrected chi connectivity index (χ1v) is 8.89. The number of phenols is 1. The zero-order chi connectivity index (χ0) is 18.4. The minimum absolute atomic E-state index is 0.0579. The number of likely N-dealkylation sites (N-methyl/N-ethyl adjacent to an activating group) is 2. The summed E-state index contributed by atoms with van der Waals surface area (Å²) in [7, 11) is 6.21. The molecule has 2 rings (SSSR count). The summed E-state index contributed by atoms with van der Waals surface area (Å²) in [5.41, 5.74) is 0.817. The number of carbonyl (C=O) groups is 1. The van der Waals surface area contributed by atoms with E-state index < -0.39 is 0 Å². The Kier molecular flexibility index (Phi) is 7.23. The maximum atomic E-state index is 12.6. The van der Waals surface area contributed by atoms with Crippen LogP contribution in [0.1, 0.15) is 5.56 Å². The fourth-order valence-electron chi connectivity index (χ4n) is 3.37. The topological polar surface area (TPSA) is 67.2 Å². The summed E-state index contributed by atoms with van der Waals surface area (Å²) in [5.74, 6) is 0.670. The first-order chi connectivity index (χ1) is 11.9. The second-order valence-electron chi connectivity index (χ2n) is 7.41. The number of benzene rings is 1. The molecule has 1 amide bonds. The average molecular weight is 349 g/mol. The van der Waals surface area contributed by atoms with Gasteiger partial charge in [-0.05, 0) is 44.8 Å². The standard InChI is InChI=1S/C19H31N3O3/c1-20(2)7-8-21(3)11-16-12-22(13-17(16)14-23)19(25)10-15-5-4-6-18(24)9-15/h4-6,9,16-17,23-24H,7-8,10-14H2,1-3H3/t16-,17-/m1/s1. The van der Waals surface area contributed by atoms with Gasteiger partial charge in [-0.15, -0.1) is 0 Å². The van der Waals surface area contributed by atoms with Gasteiger partial charge in [-0.1, -0.05) is 12.1 Å². The highest BCUT2D eigenvalue weighted by Gasteiger charge is 2.35. The van der Waals surface area contributed by atoms with Crippen LogP contribution in [0.5, 0.6) is 5.75 Å². The van der Waals surface area contributed by atoms with Gasteiger partial charge >= 0.3 is 0 Å². The number of hydrogen-bond acceptors (Lipinski definition) is 5. The maximum absolute atomic E-state index is 12.6. The van der Waals surface area contributed by atoms with E-state index in [2.05, 4.69) is 30.9 Å². The molecule has 1 aliphatic rings. The first kappa shape index (κ1) is 19.7. The summed E-state index contributed by atoms with van der Waals surface area (Å²) in [4.78, 5) is 18.9. The Labute approximate surface area is 150 Å². The molecular weight excluding hydrogens is 318 g/mol. The maximum Gasteiger partial charge on any atom is 0.227 e. The van der Waals surface area contributed by atoms with Crippen molar-refractivity contribution >= 4 is 5.91 Å². The summed E-state index contributed by atoms with van der Waals surface area (Å²) in [6, 6.07) is 6.83. The third-order valence-electron chi connectivity index (χ3n) is 4.90. The molecule has 1 fully saturated rings. The van der Waals surface area contributed by atoms with Gasteiger partial charge in [-0.25, -0.2) is 0 Å². The molecular formula is C19H31N3O3. The molecule has 1 aliphatic heterocycles. The molecule has 140 valence electrons. The van der Waals surface area contributed by atoms with Crippen LogP contribution in [0, 0.1) is 11.8 Å². The normalized spacial score (nSPS) is 20.6. The molecule has 6 heteroatoms. The Morgan fingerprint density at radius 3 is 2.56 bits per heavy atom. The molecule has 0 unspecified atom stereocenters. The van der Waals surface area contributed by atoms with Crippen molar-refractivity contribution in [1.82, 2.24) is 14.7 Å². The Morgan fingerprint density at radius 1 is 1.20 bits per heavy atom. The number of carbonyl (C=O) groups excluding carboxylic acids is 1. The summed E-state index contributed by atoms with van der Waals surface area (Å²) < 4.78 is 0. The van der Waals surface area contributed by atoms with Crippen LogP contribution >= 0.6 is 0 Å². The van der Waals surface area contributed by atoms with E-state index in [0.717, 1.165) is 25.2 Å². The van der Waals surface area contributed by atoms with Crippen molar-refractivity contribution in [1.29, 1.82) is 0 Å². The number of phenolic OH excluding ortho intramolecular Hbond substituents is 1. The van der Waals surface area contributed by atoms with Crippen molar-refractivity contribution < 1.29 is 15.0 Å². The van der Waals surface area contributed by atoms with E-state index >= 15 is 0 Å². The number of aromatic hydroxyl groups is 1. The van der Waals surface area contributed by atoms with Gasteiger partial charge in [-0.2, -0.15) is 0 Å². The molecule has 0 bridgehead atoms. The molecule has 2 N–H and O–H groups in total. The Bertz CT molecular complexity index is 565. The van der Waals surface area contributed by atoms with Crippen LogP contribution in [0.25, 0.3) is 0 Å². The highest BCUT2D eigenvalue weighted by Crippen LogP contribution is 2.25. The minimum Gasteiger partial charge on any atom is -0.508 e. The molecule has 25 heavy (non-hydrogen) atoms. The molecule has 0 saturated carbocycles. The fraction of sp³-hybridized carbons (Fsp3) is 0.632. The van der Waals surface area contributed by atoms with Crippen LogP contribution < -0.4 is 0 Å². The number of rotatable bonds is 8. The van der Waals surface area contributed by atoms with E-state index in [-0.39, 0.29) is 30.6 Å². The summed E-state index contributed by atoms with van der Waals surface area (Å²) in [5, 5.41) is 19.2. The zero-order valence-corrected chi connectivity index (χ0v) is 15.6. The van der Waals surface area contributed by atoms with E-state index in [9.17, 15) is 15.0 Å². The van der Waals surface area contributed by atoms with Crippen LogP contribution in [-0.4, -0.2) is 91.3 Å².